The highest BCUT2D eigenvalue weighted by molar-refractivity contribution is 5.82. The Hall–Kier alpha value is -4.16. The molecular formula is C29H43N9O4. The van der Waals surface area contributed by atoms with Gasteiger partial charge in [-0.05, 0) is 51.7 Å². The minimum Gasteiger partial charge on any atom is -0.459 e. The lowest BCUT2D eigenvalue weighted by Gasteiger charge is -2.36. The first-order valence-corrected chi connectivity index (χ1v) is 14.5. The van der Waals surface area contributed by atoms with Gasteiger partial charge in [0.2, 0.25) is 5.91 Å². The number of pyridine rings is 1. The van der Waals surface area contributed by atoms with Gasteiger partial charge in [0.05, 0.1) is 11.9 Å². The second-order valence-corrected chi connectivity index (χ2v) is 11.7. The number of aromatic nitrogens is 5. The summed E-state index contributed by atoms with van der Waals surface area (Å²) in [5, 5.41) is 4.56. The summed E-state index contributed by atoms with van der Waals surface area (Å²) in [5.41, 5.74) is 8.94. The standard InChI is InChI=1S/C29H43N9O4/c1-8-22(9-2)41-27-33-24(30)26-32-17-21(38(26)34-27)15-20-14-19(3)25(31-16-20)37-12-10-36(11-13-37)23(39)18-35(7)28(40)42-29(4,5)6/h14,16-17,22H,8-13,15,18H2,1-7H3,(H2,30,33,34). The second kappa shape index (κ2) is 12.8. The average Bonchev–Trinajstić information content (AvgIpc) is 3.33. The van der Waals surface area contributed by atoms with Gasteiger partial charge in [0.25, 0.3) is 0 Å². The maximum absolute atomic E-state index is 12.8. The van der Waals surface area contributed by atoms with Crippen LogP contribution in [0.4, 0.5) is 16.4 Å². The van der Waals surface area contributed by atoms with Crippen molar-refractivity contribution in [1.82, 2.24) is 34.4 Å². The van der Waals surface area contributed by atoms with Gasteiger partial charge in [0.15, 0.2) is 11.5 Å². The van der Waals surface area contributed by atoms with Crippen LogP contribution in [0.25, 0.3) is 5.65 Å². The molecule has 0 spiro atoms. The number of amides is 2. The fourth-order valence-electron chi connectivity index (χ4n) is 4.84. The number of rotatable bonds is 9. The minimum atomic E-state index is -0.610. The highest BCUT2D eigenvalue weighted by atomic mass is 16.6. The van der Waals surface area contributed by atoms with Crippen molar-refractivity contribution < 1.29 is 19.1 Å². The number of nitrogens with zero attached hydrogens (tertiary/aromatic N) is 8. The quantitative estimate of drug-likeness (QED) is 0.400. The molecule has 2 amide bonds. The molecule has 1 aliphatic rings. The third-order valence-electron chi connectivity index (χ3n) is 7.12. The Morgan fingerprint density at radius 1 is 1.10 bits per heavy atom. The molecule has 4 heterocycles. The number of hydrogen-bond donors (Lipinski definition) is 1. The molecule has 0 aliphatic carbocycles. The molecule has 1 aliphatic heterocycles. The number of carbonyl (C=O) groups is 2. The molecular weight excluding hydrogens is 538 g/mol. The molecule has 3 aromatic rings. The van der Waals surface area contributed by atoms with Crippen molar-refractivity contribution in [1.29, 1.82) is 0 Å². The van der Waals surface area contributed by atoms with Crippen LogP contribution in [0.3, 0.4) is 0 Å². The van der Waals surface area contributed by atoms with Crippen LogP contribution < -0.4 is 15.4 Å². The fourth-order valence-corrected chi connectivity index (χ4v) is 4.84. The molecule has 228 valence electrons. The number of hydrogen-bond acceptors (Lipinski definition) is 10. The van der Waals surface area contributed by atoms with E-state index in [-0.39, 0.29) is 30.4 Å². The van der Waals surface area contributed by atoms with E-state index in [4.69, 9.17) is 20.2 Å². The Morgan fingerprint density at radius 2 is 1.79 bits per heavy atom. The molecule has 0 bridgehead atoms. The predicted molar refractivity (Wildman–Crippen MR) is 160 cm³/mol. The van der Waals surface area contributed by atoms with Gasteiger partial charge in [-0.15, -0.1) is 5.10 Å². The van der Waals surface area contributed by atoms with Crippen LogP contribution in [0, 0.1) is 6.92 Å². The maximum Gasteiger partial charge on any atom is 0.410 e. The lowest BCUT2D eigenvalue weighted by Crippen LogP contribution is -2.52. The summed E-state index contributed by atoms with van der Waals surface area (Å²) in [4.78, 5) is 43.8. The van der Waals surface area contributed by atoms with E-state index >= 15 is 0 Å². The number of carbonyl (C=O) groups excluding carboxylic acids is 2. The third-order valence-corrected chi connectivity index (χ3v) is 7.12. The minimum absolute atomic E-state index is 0.0202. The summed E-state index contributed by atoms with van der Waals surface area (Å²) in [6.07, 6.45) is 5.38. The largest absolute Gasteiger partial charge is 0.459 e. The van der Waals surface area contributed by atoms with Crippen LogP contribution in [-0.4, -0.2) is 97.8 Å². The Bertz CT molecular complexity index is 1410. The van der Waals surface area contributed by atoms with Crippen molar-refractivity contribution in [3.05, 3.63) is 35.3 Å². The topological polar surface area (TPSA) is 144 Å². The third kappa shape index (κ3) is 7.37. The number of imidazole rings is 1. The number of fused-ring (bicyclic) bond motifs is 1. The summed E-state index contributed by atoms with van der Waals surface area (Å²) in [6.45, 7) is 13.9. The van der Waals surface area contributed by atoms with E-state index in [1.807, 2.05) is 13.1 Å². The first kappa shape index (κ1) is 30.8. The smallest absolute Gasteiger partial charge is 0.410 e. The van der Waals surface area contributed by atoms with Crippen molar-refractivity contribution >= 4 is 29.3 Å². The van der Waals surface area contributed by atoms with Gasteiger partial charge >= 0.3 is 12.1 Å². The first-order valence-electron chi connectivity index (χ1n) is 14.5. The second-order valence-electron chi connectivity index (χ2n) is 11.7. The molecule has 0 aromatic carbocycles. The predicted octanol–water partition coefficient (Wildman–Crippen LogP) is 3.08. The summed E-state index contributed by atoms with van der Waals surface area (Å²) in [5.74, 6) is 1.06. The summed E-state index contributed by atoms with van der Waals surface area (Å²) >= 11 is 0. The summed E-state index contributed by atoms with van der Waals surface area (Å²) in [7, 11) is 1.58. The Labute approximate surface area is 247 Å². The van der Waals surface area contributed by atoms with Gasteiger partial charge in [0.1, 0.15) is 24.1 Å². The molecule has 42 heavy (non-hydrogen) atoms. The van der Waals surface area contributed by atoms with Crippen molar-refractivity contribution in [2.24, 2.45) is 0 Å². The van der Waals surface area contributed by atoms with E-state index in [2.05, 4.69) is 39.9 Å². The van der Waals surface area contributed by atoms with Crippen molar-refractivity contribution in [2.75, 3.05) is 50.4 Å². The van der Waals surface area contributed by atoms with Gasteiger partial charge in [-0.25, -0.2) is 19.3 Å². The lowest BCUT2D eigenvalue weighted by atomic mass is 10.1. The molecule has 1 fully saturated rings. The maximum atomic E-state index is 12.8. The summed E-state index contributed by atoms with van der Waals surface area (Å²) < 4.78 is 13.0. The van der Waals surface area contributed by atoms with E-state index in [0.717, 1.165) is 35.5 Å². The van der Waals surface area contributed by atoms with Crippen molar-refractivity contribution in [3.63, 3.8) is 0 Å². The van der Waals surface area contributed by atoms with Gasteiger partial charge < -0.3 is 29.9 Å². The molecule has 0 atom stereocenters. The van der Waals surface area contributed by atoms with E-state index in [0.29, 0.717) is 38.2 Å². The van der Waals surface area contributed by atoms with Crippen LogP contribution in [0.1, 0.15) is 64.3 Å². The van der Waals surface area contributed by atoms with E-state index in [1.54, 1.807) is 43.4 Å². The average molecular weight is 582 g/mol. The molecule has 13 nitrogen and oxygen atoms in total. The van der Waals surface area contributed by atoms with Gasteiger partial charge in [-0.1, -0.05) is 19.9 Å². The number of nitrogens with two attached hydrogens (primary N) is 1. The fraction of sp³-hybridized carbons (Fsp3) is 0.586. The molecule has 2 N–H and O–H groups in total. The summed E-state index contributed by atoms with van der Waals surface area (Å²) in [6, 6.07) is 2.35. The van der Waals surface area contributed by atoms with E-state index < -0.39 is 11.7 Å². The molecule has 0 unspecified atom stereocenters. The number of ether oxygens (including phenoxy) is 2. The van der Waals surface area contributed by atoms with Crippen molar-refractivity contribution in [2.45, 2.75) is 72.5 Å². The van der Waals surface area contributed by atoms with Gasteiger partial charge in [-0.2, -0.15) is 4.98 Å². The molecule has 0 radical (unpaired) electrons. The normalized spacial score (nSPS) is 14.0. The lowest BCUT2D eigenvalue weighted by molar-refractivity contribution is -0.132. The zero-order chi connectivity index (χ0) is 30.6. The van der Waals surface area contributed by atoms with Crippen LogP contribution in [0.2, 0.25) is 0 Å². The molecule has 3 aromatic heterocycles. The number of nitrogen functional groups attached to an aromatic ring is 1. The number of piperazine rings is 1. The van der Waals surface area contributed by atoms with Gasteiger partial charge in [0, 0.05) is 45.8 Å². The Balaban J connectivity index is 1.38. The number of likely N-dealkylation sites (N-methyl/N-ethyl adjacent to an activating group) is 1. The van der Waals surface area contributed by atoms with E-state index in [9.17, 15) is 9.59 Å². The Kier molecular flexibility index (Phi) is 9.37. The Morgan fingerprint density at radius 3 is 2.40 bits per heavy atom. The monoisotopic (exact) mass is 581 g/mol. The van der Waals surface area contributed by atoms with E-state index in [1.165, 1.54) is 4.90 Å². The first-order chi connectivity index (χ1) is 19.9. The molecule has 1 saturated heterocycles. The molecule has 4 rings (SSSR count). The highest BCUT2D eigenvalue weighted by Gasteiger charge is 2.26. The van der Waals surface area contributed by atoms with Crippen LogP contribution in [0.5, 0.6) is 6.01 Å². The number of aryl methyl sites for hydroxylation is 1. The zero-order valence-electron chi connectivity index (χ0n) is 25.8. The van der Waals surface area contributed by atoms with Gasteiger partial charge in [-0.3, -0.25) is 4.79 Å². The molecule has 0 saturated carbocycles. The van der Waals surface area contributed by atoms with Crippen LogP contribution in [-0.2, 0) is 16.0 Å². The van der Waals surface area contributed by atoms with Crippen LogP contribution >= 0.6 is 0 Å². The highest BCUT2D eigenvalue weighted by Crippen LogP contribution is 2.23. The zero-order valence-corrected chi connectivity index (χ0v) is 25.8. The van der Waals surface area contributed by atoms with Crippen molar-refractivity contribution in [3.8, 4) is 6.01 Å². The number of anilines is 2. The van der Waals surface area contributed by atoms with Crippen LogP contribution in [0.15, 0.2) is 18.5 Å². The SMILES string of the molecule is CCC(CC)Oc1nc(N)c2ncc(Cc3cnc(N4CCN(C(=O)CN(C)C(=O)OC(C)(C)C)CC4)c(C)c3)n2n1. The molecule has 13 heteroatoms.